The van der Waals surface area contributed by atoms with Gasteiger partial charge in [0.25, 0.3) is 0 Å². The number of ether oxygens (including phenoxy) is 3. The van der Waals surface area contributed by atoms with Gasteiger partial charge in [0.15, 0.2) is 5.82 Å². The summed E-state index contributed by atoms with van der Waals surface area (Å²) in [5.41, 5.74) is 2.27. The van der Waals surface area contributed by atoms with Crippen molar-refractivity contribution in [2.75, 3.05) is 45.8 Å². The number of nitrogens with one attached hydrogen (secondary N) is 1. The lowest BCUT2D eigenvalue weighted by Crippen LogP contribution is -2.46. The molecule has 3 aromatic rings. The predicted octanol–water partition coefficient (Wildman–Crippen LogP) is 3.71. The van der Waals surface area contributed by atoms with Crippen LogP contribution in [0.15, 0.2) is 42.6 Å². The number of rotatable bonds is 7. The largest absolute Gasteiger partial charge is 0.494 e. The number of carbonyl (C=O) groups excluding carboxylic acids is 1. The molecule has 1 aliphatic heterocycles. The number of hydrogen-bond donors (Lipinski definition) is 2. The second-order valence-corrected chi connectivity index (χ2v) is 8.55. The van der Waals surface area contributed by atoms with Crippen LogP contribution in [0.2, 0.25) is 0 Å². The zero-order chi connectivity index (χ0) is 24.1. The van der Waals surface area contributed by atoms with Gasteiger partial charge in [-0.1, -0.05) is 12.1 Å². The molecule has 2 aromatic carbocycles. The highest BCUT2D eigenvalue weighted by Crippen LogP contribution is 2.34. The van der Waals surface area contributed by atoms with Crippen LogP contribution in [0.4, 0.5) is 10.6 Å². The lowest BCUT2D eigenvalue weighted by molar-refractivity contribution is 0.00569. The van der Waals surface area contributed by atoms with E-state index in [0.717, 1.165) is 16.9 Å². The van der Waals surface area contributed by atoms with Gasteiger partial charge in [-0.2, -0.15) is 0 Å². The summed E-state index contributed by atoms with van der Waals surface area (Å²) in [5.74, 6) is 1.63. The van der Waals surface area contributed by atoms with E-state index in [9.17, 15) is 9.90 Å². The van der Waals surface area contributed by atoms with Crippen molar-refractivity contribution >= 4 is 22.9 Å². The monoisotopic (exact) mass is 466 g/mol. The number of hydrogen-bond acceptors (Lipinski definition) is 7. The van der Waals surface area contributed by atoms with Gasteiger partial charge in [-0.05, 0) is 49.6 Å². The molecule has 1 aromatic heterocycles. The molecule has 2 heterocycles. The lowest BCUT2D eigenvalue weighted by Gasteiger charge is -2.35. The number of aromatic nitrogens is 2. The van der Waals surface area contributed by atoms with Gasteiger partial charge in [-0.3, -0.25) is 5.32 Å². The van der Waals surface area contributed by atoms with Crippen LogP contribution in [0.5, 0.6) is 11.5 Å². The first-order valence-corrected chi connectivity index (χ1v) is 11.2. The van der Waals surface area contributed by atoms with E-state index >= 15 is 0 Å². The molecule has 9 nitrogen and oxygen atoms in total. The summed E-state index contributed by atoms with van der Waals surface area (Å²) in [6, 6.07) is 11.2. The highest BCUT2D eigenvalue weighted by Gasteiger charge is 2.29. The van der Waals surface area contributed by atoms with E-state index in [4.69, 9.17) is 14.2 Å². The maximum absolute atomic E-state index is 12.7. The number of methoxy groups -OCH3 is 2. The van der Waals surface area contributed by atoms with E-state index in [1.165, 1.54) is 0 Å². The molecule has 0 spiro atoms. The molecular formula is C25H30N4O5. The fourth-order valence-corrected chi connectivity index (χ4v) is 3.91. The fourth-order valence-electron chi connectivity index (χ4n) is 3.91. The zero-order valence-electron chi connectivity index (χ0n) is 19.7. The van der Waals surface area contributed by atoms with Crippen LogP contribution < -0.4 is 14.8 Å². The van der Waals surface area contributed by atoms with Gasteiger partial charge in [-0.25, -0.2) is 14.8 Å². The summed E-state index contributed by atoms with van der Waals surface area (Å²) in [5, 5.41) is 12.9. The van der Waals surface area contributed by atoms with Crippen LogP contribution in [-0.4, -0.2) is 72.1 Å². The van der Waals surface area contributed by atoms with Crippen molar-refractivity contribution in [1.29, 1.82) is 0 Å². The molecule has 2 amide bonds. The molecule has 0 bridgehead atoms. The van der Waals surface area contributed by atoms with Crippen LogP contribution in [-0.2, 0) is 4.74 Å². The molecule has 1 fully saturated rings. The molecule has 0 saturated carbocycles. The normalized spacial score (nSPS) is 15.2. The van der Waals surface area contributed by atoms with Crippen molar-refractivity contribution in [1.82, 2.24) is 14.9 Å². The quantitative estimate of drug-likeness (QED) is 0.511. The highest BCUT2D eigenvalue weighted by atomic mass is 16.5. The minimum Gasteiger partial charge on any atom is -0.494 e. The fraction of sp³-hybridized carbons (Fsp3) is 0.400. The molecule has 1 aliphatic rings. The number of piperidine rings is 1. The van der Waals surface area contributed by atoms with Crippen molar-refractivity contribution in [2.24, 2.45) is 0 Å². The van der Waals surface area contributed by atoms with Crippen LogP contribution in [0.25, 0.3) is 22.2 Å². The Kier molecular flexibility index (Phi) is 7.14. The van der Waals surface area contributed by atoms with Crippen LogP contribution in [0, 0.1) is 0 Å². The molecule has 180 valence electrons. The van der Waals surface area contributed by atoms with E-state index in [-0.39, 0.29) is 6.03 Å². The van der Waals surface area contributed by atoms with Gasteiger partial charge >= 0.3 is 6.03 Å². The molecule has 0 unspecified atom stereocenters. The van der Waals surface area contributed by atoms with Crippen LogP contribution in [0.1, 0.15) is 19.8 Å². The number of fused-ring (bicyclic) bond motifs is 1. The van der Waals surface area contributed by atoms with E-state index < -0.39 is 5.60 Å². The first-order valence-electron chi connectivity index (χ1n) is 11.2. The Morgan fingerprint density at radius 3 is 2.68 bits per heavy atom. The Balaban J connectivity index is 1.60. The van der Waals surface area contributed by atoms with Crippen molar-refractivity contribution in [2.45, 2.75) is 25.4 Å². The summed E-state index contributed by atoms with van der Waals surface area (Å²) in [4.78, 5) is 23.6. The van der Waals surface area contributed by atoms with Crippen molar-refractivity contribution in [3.63, 3.8) is 0 Å². The average molecular weight is 467 g/mol. The molecule has 0 radical (unpaired) electrons. The third kappa shape index (κ3) is 5.37. The number of carbonyl (C=O) groups is 1. The Hall–Kier alpha value is -3.43. The first kappa shape index (κ1) is 23.7. The number of nitrogens with zero attached hydrogens (tertiary/aromatic N) is 3. The Labute approximate surface area is 198 Å². The minimum absolute atomic E-state index is 0.264. The Morgan fingerprint density at radius 1 is 1.15 bits per heavy atom. The maximum atomic E-state index is 12.7. The smallest absolute Gasteiger partial charge is 0.323 e. The van der Waals surface area contributed by atoms with Crippen molar-refractivity contribution in [3.05, 3.63) is 42.6 Å². The van der Waals surface area contributed by atoms with Gasteiger partial charge in [-0.15, -0.1) is 0 Å². The molecule has 9 heteroatoms. The third-order valence-electron chi connectivity index (χ3n) is 5.95. The molecule has 0 aliphatic carbocycles. The lowest BCUT2D eigenvalue weighted by atomic mass is 9.94. The number of aliphatic hydroxyl groups is 1. The van der Waals surface area contributed by atoms with E-state index in [0.29, 0.717) is 61.7 Å². The number of likely N-dealkylation sites (tertiary alicyclic amines) is 1. The summed E-state index contributed by atoms with van der Waals surface area (Å²) in [6.07, 6.45) is 2.62. The molecule has 0 atom stereocenters. The second kappa shape index (κ2) is 10.2. The van der Waals surface area contributed by atoms with Gasteiger partial charge < -0.3 is 24.2 Å². The molecule has 1 saturated heterocycles. The van der Waals surface area contributed by atoms with Crippen molar-refractivity contribution < 1.29 is 24.1 Å². The number of amides is 2. The number of urea groups is 1. The number of anilines is 1. The average Bonchev–Trinajstić information content (AvgIpc) is 2.83. The molecule has 2 N–H and O–H groups in total. The van der Waals surface area contributed by atoms with E-state index in [1.54, 1.807) is 32.2 Å². The van der Waals surface area contributed by atoms with Crippen LogP contribution >= 0.6 is 0 Å². The van der Waals surface area contributed by atoms with Gasteiger partial charge in [0.05, 0.1) is 25.5 Å². The van der Waals surface area contributed by atoms with Gasteiger partial charge in [0.2, 0.25) is 0 Å². The molecular weight excluding hydrogens is 436 g/mol. The summed E-state index contributed by atoms with van der Waals surface area (Å²) < 4.78 is 16.3. The van der Waals surface area contributed by atoms with Gasteiger partial charge in [0.1, 0.15) is 29.1 Å². The zero-order valence-corrected chi connectivity index (χ0v) is 19.7. The summed E-state index contributed by atoms with van der Waals surface area (Å²) >= 11 is 0. The summed E-state index contributed by atoms with van der Waals surface area (Å²) in [6.45, 7) is 3.72. The minimum atomic E-state index is -0.727. The summed E-state index contributed by atoms with van der Waals surface area (Å²) in [7, 11) is 3.21. The van der Waals surface area contributed by atoms with Crippen molar-refractivity contribution in [3.8, 4) is 22.6 Å². The first-order chi connectivity index (χ1) is 16.4. The predicted molar refractivity (Wildman–Crippen MR) is 129 cm³/mol. The molecule has 34 heavy (non-hydrogen) atoms. The Bertz CT molecular complexity index is 1160. The highest BCUT2D eigenvalue weighted by molar-refractivity contribution is 5.97. The van der Waals surface area contributed by atoms with Crippen LogP contribution in [0.3, 0.4) is 0 Å². The maximum Gasteiger partial charge on any atom is 0.323 e. The standard InChI is InChI=1S/C25H30N4O5/c1-25(31)9-11-29(12-10-25)24(30)28-21-16-26-22-19(7-8-20(33-3)23(22)27-21)17-5-4-6-18(15-17)34-14-13-32-2/h4-8,15-16,31H,9-14H2,1-3H3,(H,27,28,30). The SMILES string of the molecule is COCCOc1cccc(-c2ccc(OC)c3nc(NC(=O)N4CCC(C)(O)CC4)cnc23)c1. The third-order valence-corrected chi connectivity index (χ3v) is 5.95. The van der Waals surface area contributed by atoms with E-state index in [1.807, 2.05) is 36.4 Å². The second-order valence-electron chi connectivity index (χ2n) is 8.55. The van der Waals surface area contributed by atoms with Gasteiger partial charge in [0, 0.05) is 25.8 Å². The number of benzene rings is 2. The Morgan fingerprint density at radius 2 is 1.94 bits per heavy atom. The molecule has 4 rings (SSSR count). The topological polar surface area (TPSA) is 106 Å². The van der Waals surface area contributed by atoms with E-state index in [2.05, 4.69) is 15.3 Å².